The number of carbonyl (C=O) groups excluding carboxylic acids is 1. The van der Waals surface area contributed by atoms with Crippen molar-refractivity contribution in [2.75, 3.05) is 6.54 Å². The van der Waals surface area contributed by atoms with E-state index in [2.05, 4.69) is 32.9 Å². The summed E-state index contributed by atoms with van der Waals surface area (Å²) in [6.07, 6.45) is 7.38. The fourth-order valence-corrected chi connectivity index (χ4v) is 5.53. The average Bonchev–Trinajstić information content (AvgIpc) is 3.60. The molecule has 204 valence electrons. The smallest absolute Gasteiger partial charge is 0.225 e. The highest BCUT2D eigenvalue weighted by molar-refractivity contribution is 6.31. The van der Waals surface area contributed by atoms with Crippen LogP contribution in [-0.4, -0.2) is 42.6 Å². The van der Waals surface area contributed by atoms with Gasteiger partial charge in [-0.15, -0.1) is 10.2 Å². The summed E-state index contributed by atoms with van der Waals surface area (Å²) in [4.78, 5) is 18.0. The molecule has 5 rings (SSSR count). The molecule has 1 fully saturated rings. The van der Waals surface area contributed by atoms with Gasteiger partial charge in [0.15, 0.2) is 0 Å². The molecule has 0 aliphatic heterocycles. The molecule has 0 atom stereocenters. The van der Waals surface area contributed by atoms with Crippen molar-refractivity contribution in [2.24, 2.45) is 0 Å². The number of aromatic nitrogens is 6. The molecule has 0 saturated heterocycles. The molecule has 2 aromatic carbocycles. The number of H-pyrrole nitrogens is 1. The van der Waals surface area contributed by atoms with Gasteiger partial charge in [-0.05, 0) is 60.4 Å². The van der Waals surface area contributed by atoms with Gasteiger partial charge in [-0.3, -0.25) is 9.36 Å². The molecule has 1 aliphatic carbocycles. The van der Waals surface area contributed by atoms with Crippen LogP contribution in [-0.2, 0) is 11.2 Å². The standard InChI is InChI=1S/C28H30Cl2FN7O/c1-2-3-13-32-24(39)15-18-9-11-20(29)16-23(18)38-26(19-10-12-22(31)21(30)14-19)25(27-34-36-37-35-27)33-28(38)17-7-5-4-6-8-17/h9-12,14,16-17H,2-8,13,15H2,1H3,(H,32,39)(H,34,35,36,37). The van der Waals surface area contributed by atoms with Crippen LogP contribution in [0, 0.1) is 5.82 Å². The summed E-state index contributed by atoms with van der Waals surface area (Å²) in [5.74, 6) is 0.699. The Morgan fingerprint density at radius 2 is 1.97 bits per heavy atom. The number of amides is 1. The topological polar surface area (TPSA) is 101 Å². The van der Waals surface area contributed by atoms with Gasteiger partial charge in [0, 0.05) is 23.0 Å². The van der Waals surface area contributed by atoms with Crippen molar-refractivity contribution >= 4 is 29.1 Å². The van der Waals surface area contributed by atoms with Crippen molar-refractivity contribution in [1.82, 2.24) is 35.5 Å². The maximum atomic E-state index is 14.2. The van der Waals surface area contributed by atoms with E-state index in [1.54, 1.807) is 18.2 Å². The largest absolute Gasteiger partial charge is 0.356 e. The fourth-order valence-electron chi connectivity index (χ4n) is 5.18. The van der Waals surface area contributed by atoms with Gasteiger partial charge in [-0.2, -0.15) is 5.21 Å². The molecular formula is C28H30Cl2FN7O. The number of nitrogens with one attached hydrogen (secondary N) is 2. The van der Waals surface area contributed by atoms with Crippen LogP contribution in [0.1, 0.15) is 69.2 Å². The van der Waals surface area contributed by atoms with Crippen molar-refractivity contribution in [2.45, 2.75) is 64.2 Å². The Labute approximate surface area is 236 Å². The number of nitrogens with zero attached hydrogens (tertiary/aromatic N) is 5. The normalized spacial score (nSPS) is 14.1. The van der Waals surface area contributed by atoms with E-state index in [0.29, 0.717) is 34.3 Å². The van der Waals surface area contributed by atoms with Crippen molar-refractivity contribution < 1.29 is 9.18 Å². The monoisotopic (exact) mass is 569 g/mol. The number of hydrogen-bond acceptors (Lipinski definition) is 5. The second-order valence-corrected chi connectivity index (χ2v) is 10.7. The minimum Gasteiger partial charge on any atom is -0.356 e. The Hall–Kier alpha value is -3.30. The van der Waals surface area contributed by atoms with Gasteiger partial charge in [-0.1, -0.05) is 61.9 Å². The van der Waals surface area contributed by atoms with Gasteiger partial charge >= 0.3 is 0 Å². The number of hydrogen-bond donors (Lipinski definition) is 2. The lowest BCUT2D eigenvalue weighted by Crippen LogP contribution is -2.26. The van der Waals surface area contributed by atoms with Crippen molar-refractivity contribution in [3.63, 3.8) is 0 Å². The number of imidazole rings is 1. The molecule has 0 radical (unpaired) electrons. The first-order valence-electron chi connectivity index (χ1n) is 13.3. The zero-order chi connectivity index (χ0) is 27.4. The van der Waals surface area contributed by atoms with Gasteiger partial charge in [-0.25, -0.2) is 9.37 Å². The van der Waals surface area contributed by atoms with Gasteiger partial charge in [0.05, 0.1) is 22.8 Å². The molecule has 0 spiro atoms. The highest BCUT2D eigenvalue weighted by atomic mass is 35.5. The summed E-state index contributed by atoms with van der Waals surface area (Å²) in [7, 11) is 0. The molecule has 2 N–H and O–H groups in total. The van der Waals surface area contributed by atoms with E-state index in [0.717, 1.165) is 55.6 Å². The summed E-state index contributed by atoms with van der Waals surface area (Å²) in [6, 6.07) is 10.1. The predicted molar refractivity (Wildman–Crippen MR) is 150 cm³/mol. The molecule has 8 nitrogen and oxygen atoms in total. The molecule has 2 aromatic heterocycles. The van der Waals surface area contributed by atoms with E-state index in [-0.39, 0.29) is 23.3 Å². The quantitative estimate of drug-likeness (QED) is 0.219. The van der Waals surface area contributed by atoms with Crippen LogP contribution in [0.15, 0.2) is 36.4 Å². The van der Waals surface area contributed by atoms with E-state index in [9.17, 15) is 9.18 Å². The first-order valence-corrected chi connectivity index (χ1v) is 14.1. The van der Waals surface area contributed by atoms with Crippen LogP contribution in [0.3, 0.4) is 0 Å². The van der Waals surface area contributed by atoms with Crippen molar-refractivity contribution in [1.29, 1.82) is 0 Å². The number of aromatic amines is 1. The number of halogens is 3. The lowest BCUT2D eigenvalue weighted by molar-refractivity contribution is -0.120. The summed E-state index contributed by atoms with van der Waals surface area (Å²) < 4.78 is 16.3. The van der Waals surface area contributed by atoms with Gasteiger partial charge < -0.3 is 5.32 Å². The van der Waals surface area contributed by atoms with Crippen LogP contribution in [0.5, 0.6) is 0 Å². The van der Waals surface area contributed by atoms with Gasteiger partial charge in [0.2, 0.25) is 11.7 Å². The Bertz CT molecular complexity index is 1450. The van der Waals surface area contributed by atoms with E-state index in [1.165, 1.54) is 12.5 Å². The van der Waals surface area contributed by atoms with E-state index < -0.39 is 5.82 Å². The van der Waals surface area contributed by atoms with Crippen molar-refractivity contribution in [3.8, 4) is 28.5 Å². The Morgan fingerprint density at radius 1 is 1.15 bits per heavy atom. The molecular weight excluding hydrogens is 540 g/mol. The number of rotatable bonds is 9. The molecule has 0 bridgehead atoms. The summed E-state index contributed by atoms with van der Waals surface area (Å²) in [5.41, 5.74) is 3.27. The fraction of sp³-hybridized carbons (Fsp3) is 0.393. The van der Waals surface area contributed by atoms with E-state index in [1.807, 2.05) is 16.7 Å². The van der Waals surface area contributed by atoms with E-state index >= 15 is 0 Å². The zero-order valence-electron chi connectivity index (χ0n) is 21.7. The van der Waals surface area contributed by atoms with Crippen LogP contribution >= 0.6 is 23.2 Å². The second-order valence-electron chi connectivity index (χ2n) is 9.86. The third-order valence-electron chi connectivity index (χ3n) is 7.12. The Kier molecular flexibility index (Phi) is 8.57. The highest BCUT2D eigenvalue weighted by Gasteiger charge is 2.30. The first-order chi connectivity index (χ1) is 19.0. The molecule has 2 heterocycles. The van der Waals surface area contributed by atoms with Crippen LogP contribution in [0.25, 0.3) is 28.5 Å². The highest BCUT2D eigenvalue weighted by Crippen LogP contribution is 2.42. The van der Waals surface area contributed by atoms with Crippen molar-refractivity contribution in [3.05, 3.63) is 63.6 Å². The molecule has 1 saturated carbocycles. The molecule has 1 aliphatic rings. The summed E-state index contributed by atoms with van der Waals surface area (Å²) in [6.45, 7) is 2.71. The number of tetrazole rings is 1. The minimum absolute atomic E-state index is 0.0138. The van der Waals surface area contributed by atoms with Gasteiger partial charge in [0.1, 0.15) is 17.3 Å². The second kappa shape index (κ2) is 12.3. The SMILES string of the molecule is CCCCNC(=O)Cc1ccc(Cl)cc1-n1c(C2CCCCC2)nc(-c2nn[nH]n2)c1-c1ccc(F)c(Cl)c1. The lowest BCUT2D eigenvalue weighted by Gasteiger charge is -2.24. The van der Waals surface area contributed by atoms with E-state index in [4.69, 9.17) is 28.2 Å². The van der Waals surface area contributed by atoms with Gasteiger partial charge in [0.25, 0.3) is 0 Å². The maximum absolute atomic E-state index is 14.2. The zero-order valence-corrected chi connectivity index (χ0v) is 23.2. The van der Waals surface area contributed by atoms with Crippen LogP contribution in [0.2, 0.25) is 10.0 Å². The molecule has 1 amide bonds. The Morgan fingerprint density at radius 3 is 2.69 bits per heavy atom. The summed E-state index contributed by atoms with van der Waals surface area (Å²) in [5, 5.41) is 18.2. The molecule has 0 unspecified atom stereocenters. The lowest BCUT2D eigenvalue weighted by atomic mass is 9.88. The number of benzene rings is 2. The average molecular weight is 571 g/mol. The maximum Gasteiger partial charge on any atom is 0.225 e. The number of unbranched alkanes of at least 4 members (excludes halogenated alkanes) is 1. The summed E-state index contributed by atoms with van der Waals surface area (Å²) >= 11 is 12.8. The first kappa shape index (κ1) is 27.3. The molecule has 39 heavy (non-hydrogen) atoms. The van der Waals surface area contributed by atoms with Crippen LogP contribution < -0.4 is 5.32 Å². The predicted octanol–water partition coefficient (Wildman–Crippen LogP) is 6.67. The Balaban J connectivity index is 1.74. The third kappa shape index (κ3) is 5.99. The molecule has 11 heteroatoms. The van der Waals surface area contributed by atoms with Crippen LogP contribution in [0.4, 0.5) is 4.39 Å². The molecule has 4 aromatic rings. The third-order valence-corrected chi connectivity index (χ3v) is 7.64. The number of carbonyl (C=O) groups is 1. The minimum atomic E-state index is -0.521.